The molecule has 0 fully saturated rings. The number of hydrogen-bond donors (Lipinski definition) is 1. The molecule has 0 aliphatic rings. The number of pyridine rings is 1. The molecule has 0 aliphatic carbocycles. The standard InChI is InChI=1S/C17H20FN3O/c1-4-19-17(22)14-7-10-16(20-11-14)21(3)12(2)13-5-8-15(18)9-6-13/h5-12H,4H2,1-3H3,(H,19,22). The summed E-state index contributed by atoms with van der Waals surface area (Å²) in [5, 5.41) is 2.74. The van der Waals surface area contributed by atoms with E-state index in [4.69, 9.17) is 0 Å². The zero-order valence-corrected chi connectivity index (χ0v) is 13.0. The molecule has 1 atom stereocenters. The Labute approximate surface area is 130 Å². The van der Waals surface area contributed by atoms with Gasteiger partial charge in [0, 0.05) is 19.8 Å². The summed E-state index contributed by atoms with van der Waals surface area (Å²) in [6, 6.07) is 10.0. The molecule has 116 valence electrons. The lowest BCUT2D eigenvalue weighted by atomic mass is 10.1. The number of rotatable bonds is 5. The number of benzene rings is 1. The van der Waals surface area contributed by atoms with Crippen molar-refractivity contribution in [3.63, 3.8) is 0 Å². The summed E-state index contributed by atoms with van der Waals surface area (Å²) in [7, 11) is 1.92. The monoisotopic (exact) mass is 301 g/mol. The molecule has 0 aliphatic heterocycles. The summed E-state index contributed by atoms with van der Waals surface area (Å²) < 4.78 is 13.0. The molecule has 0 saturated heterocycles. The van der Waals surface area contributed by atoms with Crippen LogP contribution in [0, 0.1) is 5.82 Å². The van der Waals surface area contributed by atoms with Crippen molar-refractivity contribution in [3.8, 4) is 0 Å². The minimum atomic E-state index is -0.247. The second-order valence-electron chi connectivity index (χ2n) is 5.10. The van der Waals surface area contributed by atoms with Crippen LogP contribution in [-0.4, -0.2) is 24.5 Å². The highest BCUT2D eigenvalue weighted by atomic mass is 19.1. The molecule has 1 aromatic heterocycles. The predicted octanol–water partition coefficient (Wildman–Crippen LogP) is 3.17. The molecule has 4 nitrogen and oxygen atoms in total. The van der Waals surface area contributed by atoms with Gasteiger partial charge in [0.05, 0.1) is 11.6 Å². The van der Waals surface area contributed by atoms with Gasteiger partial charge in [0.15, 0.2) is 0 Å². The summed E-state index contributed by atoms with van der Waals surface area (Å²) in [4.78, 5) is 18.0. The molecular formula is C17H20FN3O. The zero-order valence-electron chi connectivity index (χ0n) is 13.0. The van der Waals surface area contributed by atoms with Crippen LogP contribution < -0.4 is 10.2 Å². The number of aromatic nitrogens is 1. The topological polar surface area (TPSA) is 45.2 Å². The van der Waals surface area contributed by atoms with Crippen LogP contribution in [0.4, 0.5) is 10.2 Å². The van der Waals surface area contributed by atoms with Crippen molar-refractivity contribution >= 4 is 11.7 Å². The molecule has 1 amide bonds. The Morgan fingerprint density at radius 2 is 1.95 bits per heavy atom. The number of hydrogen-bond acceptors (Lipinski definition) is 3. The Kier molecular flexibility index (Phi) is 5.09. The molecule has 1 unspecified atom stereocenters. The molecule has 2 rings (SSSR count). The van der Waals surface area contributed by atoms with Crippen LogP contribution in [0.3, 0.4) is 0 Å². The van der Waals surface area contributed by atoms with Crippen molar-refractivity contribution in [3.05, 3.63) is 59.5 Å². The van der Waals surface area contributed by atoms with Gasteiger partial charge >= 0.3 is 0 Å². The van der Waals surface area contributed by atoms with Crippen molar-refractivity contribution in [1.82, 2.24) is 10.3 Å². The van der Waals surface area contributed by atoms with Crippen LogP contribution in [0.25, 0.3) is 0 Å². The fourth-order valence-corrected chi connectivity index (χ4v) is 2.15. The Morgan fingerprint density at radius 3 is 2.50 bits per heavy atom. The first-order valence-electron chi connectivity index (χ1n) is 7.25. The highest BCUT2D eigenvalue weighted by Gasteiger charge is 2.14. The van der Waals surface area contributed by atoms with E-state index in [1.165, 1.54) is 12.1 Å². The third-order valence-electron chi connectivity index (χ3n) is 3.64. The van der Waals surface area contributed by atoms with E-state index in [9.17, 15) is 9.18 Å². The summed E-state index contributed by atoms with van der Waals surface area (Å²) in [6.45, 7) is 4.48. The van der Waals surface area contributed by atoms with E-state index in [0.29, 0.717) is 12.1 Å². The van der Waals surface area contributed by atoms with E-state index in [0.717, 1.165) is 11.4 Å². The molecule has 1 N–H and O–H groups in total. The van der Waals surface area contributed by atoms with E-state index in [1.54, 1.807) is 24.4 Å². The number of amides is 1. The number of anilines is 1. The third kappa shape index (κ3) is 3.61. The number of nitrogens with zero attached hydrogens (tertiary/aromatic N) is 2. The molecule has 0 spiro atoms. The number of carbonyl (C=O) groups excluding carboxylic acids is 1. The fraction of sp³-hybridized carbons (Fsp3) is 0.294. The van der Waals surface area contributed by atoms with E-state index in [1.807, 2.05) is 31.9 Å². The average molecular weight is 301 g/mol. The number of halogens is 1. The molecule has 0 bridgehead atoms. The quantitative estimate of drug-likeness (QED) is 0.922. The van der Waals surface area contributed by atoms with Crippen LogP contribution >= 0.6 is 0 Å². The first kappa shape index (κ1) is 15.9. The van der Waals surface area contributed by atoms with Crippen LogP contribution in [0.5, 0.6) is 0 Å². The van der Waals surface area contributed by atoms with Gasteiger partial charge < -0.3 is 10.2 Å². The van der Waals surface area contributed by atoms with Gasteiger partial charge in [0.2, 0.25) is 0 Å². The highest BCUT2D eigenvalue weighted by molar-refractivity contribution is 5.93. The van der Waals surface area contributed by atoms with Gasteiger partial charge in [-0.3, -0.25) is 4.79 Å². The number of carbonyl (C=O) groups is 1. The second-order valence-corrected chi connectivity index (χ2v) is 5.10. The van der Waals surface area contributed by atoms with Gasteiger partial charge in [0.1, 0.15) is 11.6 Å². The highest BCUT2D eigenvalue weighted by Crippen LogP contribution is 2.23. The van der Waals surface area contributed by atoms with Gasteiger partial charge in [-0.15, -0.1) is 0 Å². The Bertz CT molecular complexity index is 625. The van der Waals surface area contributed by atoms with Gasteiger partial charge in [-0.05, 0) is 43.7 Å². The molecule has 0 radical (unpaired) electrons. The SMILES string of the molecule is CCNC(=O)c1ccc(N(C)C(C)c2ccc(F)cc2)nc1. The van der Waals surface area contributed by atoms with Crippen LogP contribution in [-0.2, 0) is 0 Å². The predicted molar refractivity (Wildman–Crippen MR) is 85.5 cm³/mol. The summed E-state index contributed by atoms with van der Waals surface area (Å²) in [6.07, 6.45) is 1.56. The fourth-order valence-electron chi connectivity index (χ4n) is 2.15. The lowest BCUT2D eigenvalue weighted by Gasteiger charge is -2.26. The molecule has 5 heteroatoms. The van der Waals surface area contributed by atoms with Crippen molar-refractivity contribution < 1.29 is 9.18 Å². The molecule has 2 aromatic rings. The Morgan fingerprint density at radius 1 is 1.27 bits per heavy atom. The molecule has 1 aromatic carbocycles. The number of nitrogens with one attached hydrogen (secondary N) is 1. The van der Waals surface area contributed by atoms with Gasteiger partial charge in [-0.25, -0.2) is 9.37 Å². The smallest absolute Gasteiger partial charge is 0.252 e. The summed E-state index contributed by atoms with van der Waals surface area (Å²) in [5.41, 5.74) is 1.53. The largest absolute Gasteiger partial charge is 0.353 e. The minimum absolute atomic E-state index is 0.0448. The normalized spacial score (nSPS) is 11.8. The maximum atomic E-state index is 13.0. The van der Waals surface area contributed by atoms with Crippen molar-refractivity contribution in [1.29, 1.82) is 0 Å². The first-order chi connectivity index (χ1) is 10.5. The maximum absolute atomic E-state index is 13.0. The molecular weight excluding hydrogens is 281 g/mol. The molecule has 0 saturated carbocycles. The van der Waals surface area contributed by atoms with Crippen molar-refractivity contribution in [2.45, 2.75) is 19.9 Å². The summed E-state index contributed by atoms with van der Waals surface area (Å²) in [5.74, 6) is 0.378. The first-order valence-corrected chi connectivity index (χ1v) is 7.25. The Balaban J connectivity index is 2.13. The molecule has 22 heavy (non-hydrogen) atoms. The second kappa shape index (κ2) is 7.02. The van der Waals surface area contributed by atoms with E-state index >= 15 is 0 Å². The van der Waals surface area contributed by atoms with Gasteiger partial charge in [-0.2, -0.15) is 0 Å². The lowest BCUT2D eigenvalue weighted by molar-refractivity contribution is 0.0955. The van der Waals surface area contributed by atoms with E-state index < -0.39 is 0 Å². The van der Waals surface area contributed by atoms with Crippen molar-refractivity contribution in [2.24, 2.45) is 0 Å². The van der Waals surface area contributed by atoms with Crippen LogP contribution in [0.1, 0.15) is 35.8 Å². The van der Waals surface area contributed by atoms with Crippen molar-refractivity contribution in [2.75, 3.05) is 18.5 Å². The lowest BCUT2D eigenvalue weighted by Crippen LogP contribution is -2.24. The third-order valence-corrected chi connectivity index (χ3v) is 3.64. The van der Waals surface area contributed by atoms with E-state index in [-0.39, 0.29) is 17.8 Å². The molecule has 1 heterocycles. The average Bonchev–Trinajstić information content (AvgIpc) is 2.54. The minimum Gasteiger partial charge on any atom is -0.353 e. The van der Waals surface area contributed by atoms with Crippen LogP contribution in [0.2, 0.25) is 0 Å². The van der Waals surface area contributed by atoms with Gasteiger partial charge in [-0.1, -0.05) is 12.1 Å². The van der Waals surface area contributed by atoms with Gasteiger partial charge in [0.25, 0.3) is 5.91 Å². The van der Waals surface area contributed by atoms with Crippen LogP contribution in [0.15, 0.2) is 42.6 Å². The zero-order chi connectivity index (χ0) is 16.1. The summed E-state index contributed by atoms with van der Waals surface area (Å²) >= 11 is 0. The Hall–Kier alpha value is -2.43. The maximum Gasteiger partial charge on any atom is 0.252 e. The van der Waals surface area contributed by atoms with E-state index in [2.05, 4.69) is 10.3 Å².